The van der Waals surface area contributed by atoms with Crippen LogP contribution >= 0.6 is 0 Å². The standard InChI is InChI=1S/C30H29FN2O4/c1-21(30(35)36-2)37-25-15-16-26(31)24(20-25)14-9-19-33-28(34)18-17-27(32-33)29(22-10-5-3-6-11-22)23-12-7-4-8-13-23/h3-8,10-13,15-18,20-21,29H,9,14,19H2,1-2H3/t21-/m0/s1. The molecule has 4 aromatic rings. The Morgan fingerprint density at radius 2 is 1.59 bits per heavy atom. The van der Waals surface area contributed by atoms with E-state index in [9.17, 15) is 14.0 Å². The van der Waals surface area contributed by atoms with Gasteiger partial charge in [-0.15, -0.1) is 0 Å². The third kappa shape index (κ3) is 6.50. The van der Waals surface area contributed by atoms with Gasteiger partial charge in [0.25, 0.3) is 5.56 Å². The van der Waals surface area contributed by atoms with Gasteiger partial charge in [-0.2, -0.15) is 5.10 Å². The van der Waals surface area contributed by atoms with Crippen LogP contribution < -0.4 is 10.3 Å². The van der Waals surface area contributed by atoms with Crippen molar-refractivity contribution < 1.29 is 18.7 Å². The lowest BCUT2D eigenvalue weighted by atomic mass is 9.88. The highest BCUT2D eigenvalue weighted by Gasteiger charge is 2.19. The second kappa shape index (κ2) is 12.1. The van der Waals surface area contributed by atoms with E-state index >= 15 is 0 Å². The van der Waals surface area contributed by atoms with Crippen LogP contribution in [0, 0.1) is 5.82 Å². The summed E-state index contributed by atoms with van der Waals surface area (Å²) in [5.41, 5.74) is 3.13. The first-order valence-electron chi connectivity index (χ1n) is 12.2. The van der Waals surface area contributed by atoms with Gasteiger partial charge in [0.2, 0.25) is 0 Å². The van der Waals surface area contributed by atoms with Crippen molar-refractivity contribution in [3.63, 3.8) is 0 Å². The number of carbonyl (C=O) groups is 1. The first-order valence-corrected chi connectivity index (χ1v) is 12.2. The van der Waals surface area contributed by atoms with Crippen LogP contribution in [0.1, 0.15) is 41.6 Å². The minimum Gasteiger partial charge on any atom is -0.479 e. The molecule has 0 bridgehead atoms. The zero-order valence-corrected chi connectivity index (χ0v) is 20.8. The summed E-state index contributed by atoms with van der Waals surface area (Å²) in [6.45, 7) is 1.89. The lowest BCUT2D eigenvalue weighted by Gasteiger charge is -2.18. The van der Waals surface area contributed by atoms with Crippen molar-refractivity contribution in [2.75, 3.05) is 7.11 Å². The number of esters is 1. The van der Waals surface area contributed by atoms with E-state index in [2.05, 4.69) is 4.74 Å². The average molecular weight is 501 g/mol. The third-order valence-electron chi connectivity index (χ3n) is 6.13. The number of aryl methyl sites for hydroxylation is 2. The van der Waals surface area contributed by atoms with Crippen molar-refractivity contribution in [1.82, 2.24) is 9.78 Å². The predicted molar refractivity (Wildman–Crippen MR) is 139 cm³/mol. The van der Waals surface area contributed by atoms with Gasteiger partial charge in [0.05, 0.1) is 18.7 Å². The fraction of sp³-hybridized carbons (Fsp3) is 0.233. The molecule has 7 heteroatoms. The Hall–Kier alpha value is -4.26. The van der Waals surface area contributed by atoms with Gasteiger partial charge < -0.3 is 9.47 Å². The van der Waals surface area contributed by atoms with Crippen molar-refractivity contribution in [3.05, 3.63) is 130 Å². The summed E-state index contributed by atoms with van der Waals surface area (Å²) < 4.78 is 26.1. The van der Waals surface area contributed by atoms with E-state index in [-0.39, 0.29) is 17.3 Å². The molecule has 0 spiro atoms. The van der Waals surface area contributed by atoms with Crippen molar-refractivity contribution >= 4 is 5.97 Å². The zero-order valence-electron chi connectivity index (χ0n) is 20.8. The highest BCUT2D eigenvalue weighted by molar-refractivity contribution is 5.74. The Kier molecular flexibility index (Phi) is 8.46. The second-order valence-corrected chi connectivity index (χ2v) is 8.71. The van der Waals surface area contributed by atoms with E-state index in [1.165, 1.54) is 30.0 Å². The molecule has 3 aromatic carbocycles. The number of aromatic nitrogens is 2. The molecule has 0 radical (unpaired) electrons. The van der Waals surface area contributed by atoms with Crippen LogP contribution in [0.25, 0.3) is 0 Å². The molecule has 0 saturated carbocycles. The first kappa shape index (κ1) is 25.8. The molecule has 6 nitrogen and oxygen atoms in total. The van der Waals surface area contributed by atoms with Crippen molar-refractivity contribution in [1.29, 1.82) is 0 Å². The number of halogens is 1. The van der Waals surface area contributed by atoms with E-state index in [0.717, 1.165) is 16.8 Å². The molecular weight excluding hydrogens is 471 g/mol. The maximum absolute atomic E-state index is 14.5. The van der Waals surface area contributed by atoms with Gasteiger partial charge in [0.15, 0.2) is 6.10 Å². The van der Waals surface area contributed by atoms with Crippen LogP contribution in [0.4, 0.5) is 4.39 Å². The van der Waals surface area contributed by atoms with Crippen LogP contribution in [-0.2, 0) is 22.5 Å². The van der Waals surface area contributed by atoms with E-state index in [0.29, 0.717) is 30.7 Å². The summed E-state index contributed by atoms with van der Waals surface area (Å²) in [4.78, 5) is 24.2. The molecule has 0 saturated heterocycles. The minimum atomic E-state index is -0.809. The summed E-state index contributed by atoms with van der Waals surface area (Å²) in [5.74, 6) is -0.640. The third-order valence-corrected chi connectivity index (χ3v) is 6.13. The van der Waals surface area contributed by atoms with Crippen LogP contribution in [0.15, 0.2) is 95.8 Å². The Balaban J connectivity index is 1.52. The van der Waals surface area contributed by atoms with E-state index in [4.69, 9.17) is 9.84 Å². The van der Waals surface area contributed by atoms with Crippen LogP contribution in [-0.4, -0.2) is 29.0 Å². The number of hydrogen-bond acceptors (Lipinski definition) is 5. The summed E-state index contributed by atoms with van der Waals surface area (Å²) in [6, 6.07) is 27.7. The molecule has 0 N–H and O–H groups in total. The largest absolute Gasteiger partial charge is 0.479 e. The van der Waals surface area contributed by atoms with Crippen LogP contribution in [0.2, 0.25) is 0 Å². The second-order valence-electron chi connectivity index (χ2n) is 8.71. The molecule has 0 aliphatic heterocycles. The summed E-state index contributed by atoms with van der Waals surface area (Å²) >= 11 is 0. The van der Waals surface area contributed by atoms with Gasteiger partial charge >= 0.3 is 5.97 Å². The highest BCUT2D eigenvalue weighted by Crippen LogP contribution is 2.30. The maximum atomic E-state index is 14.5. The SMILES string of the molecule is COC(=O)[C@H](C)Oc1ccc(F)c(CCCn2nc(C(c3ccccc3)c3ccccc3)ccc2=O)c1. The van der Waals surface area contributed by atoms with Gasteiger partial charge in [-0.1, -0.05) is 60.7 Å². The van der Waals surface area contributed by atoms with Gasteiger partial charge in [-0.3, -0.25) is 4.79 Å². The normalized spacial score (nSPS) is 11.8. The number of methoxy groups -OCH3 is 1. The quantitative estimate of drug-likeness (QED) is 0.282. The van der Waals surface area contributed by atoms with Crippen molar-refractivity contribution in [3.8, 4) is 5.75 Å². The van der Waals surface area contributed by atoms with E-state index < -0.39 is 12.1 Å². The summed E-state index contributed by atoms with van der Waals surface area (Å²) in [6.07, 6.45) is 0.0513. The van der Waals surface area contributed by atoms with Crippen LogP contribution in [0.5, 0.6) is 5.75 Å². The molecule has 0 amide bonds. The number of rotatable bonds is 10. The monoisotopic (exact) mass is 500 g/mol. The number of hydrogen-bond donors (Lipinski definition) is 0. The van der Waals surface area contributed by atoms with E-state index in [1.807, 2.05) is 60.7 Å². The number of benzene rings is 3. The molecule has 0 unspecified atom stereocenters. The molecule has 190 valence electrons. The lowest BCUT2D eigenvalue weighted by molar-refractivity contribution is -0.147. The molecule has 0 aliphatic rings. The topological polar surface area (TPSA) is 70.4 Å². The van der Waals surface area contributed by atoms with Crippen molar-refractivity contribution in [2.45, 2.75) is 38.3 Å². The molecule has 0 aliphatic carbocycles. The Labute approximate surface area is 215 Å². The van der Waals surface area contributed by atoms with Crippen LogP contribution in [0.3, 0.4) is 0 Å². The van der Waals surface area contributed by atoms with E-state index in [1.54, 1.807) is 19.1 Å². The molecule has 0 fully saturated rings. The van der Waals surface area contributed by atoms with Gasteiger partial charge in [0, 0.05) is 12.6 Å². The van der Waals surface area contributed by atoms with Crippen molar-refractivity contribution in [2.24, 2.45) is 0 Å². The fourth-order valence-corrected chi connectivity index (χ4v) is 4.26. The molecule has 4 rings (SSSR count). The number of nitrogens with zero attached hydrogens (tertiary/aromatic N) is 2. The highest BCUT2D eigenvalue weighted by atomic mass is 19.1. The van der Waals surface area contributed by atoms with Gasteiger partial charge in [-0.05, 0) is 60.7 Å². The smallest absolute Gasteiger partial charge is 0.346 e. The predicted octanol–water partition coefficient (Wildman–Crippen LogP) is 5.14. The lowest BCUT2D eigenvalue weighted by Crippen LogP contribution is -2.25. The summed E-state index contributed by atoms with van der Waals surface area (Å²) in [7, 11) is 1.28. The maximum Gasteiger partial charge on any atom is 0.346 e. The Morgan fingerprint density at radius 3 is 2.22 bits per heavy atom. The molecule has 1 atom stereocenters. The fourth-order valence-electron chi connectivity index (χ4n) is 4.26. The molecular formula is C30H29FN2O4. The Morgan fingerprint density at radius 1 is 0.946 bits per heavy atom. The zero-order chi connectivity index (χ0) is 26.2. The average Bonchev–Trinajstić information content (AvgIpc) is 2.93. The Bertz CT molecular complexity index is 1350. The van der Waals surface area contributed by atoms with Gasteiger partial charge in [-0.25, -0.2) is 13.9 Å². The number of ether oxygens (including phenoxy) is 2. The molecule has 1 heterocycles. The minimum absolute atomic E-state index is 0.127. The van der Waals surface area contributed by atoms with Gasteiger partial charge in [0.1, 0.15) is 11.6 Å². The summed E-state index contributed by atoms with van der Waals surface area (Å²) in [5, 5.41) is 4.70. The molecule has 1 aromatic heterocycles. The number of carbonyl (C=O) groups excluding carboxylic acids is 1. The molecule has 37 heavy (non-hydrogen) atoms. The first-order chi connectivity index (χ1) is 18.0.